The molecule has 0 bridgehead atoms. The van der Waals surface area contributed by atoms with E-state index < -0.39 is 10.1 Å². The van der Waals surface area contributed by atoms with Crippen molar-refractivity contribution in [2.24, 2.45) is 0 Å². The molecule has 0 aliphatic heterocycles. The molecule has 0 fully saturated rings. The van der Waals surface area contributed by atoms with E-state index in [0.29, 0.717) is 12.4 Å². The van der Waals surface area contributed by atoms with Gasteiger partial charge in [0.15, 0.2) is 11.4 Å². The Bertz CT molecular complexity index is 576. The zero-order valence-corrected chi connectivity index (χ0v) is 10.3. The molecule has 0 saturated heterocycles. The summed E-state index contributed by atoms with van der Waals surface area (Å²) in [6, 6.07) is 0. The molecule has 0 radical (unpaired) electrons. The maximum atomic E-state index is 10.4. The van der Waals surface area contributed by atoms with Crippen LogP contribution in [0.3, 0.4) is 0 Å². The Kier molecular flexibility index (Phi) is 3.50. The Balaban J connectivity index is 1.95. The van der Waals surface area contributed by atoms with Gasteiger partial charge in [0.2, 0.25) is 12.1 Å². The lowest BCUT2D eigenvalue weighted by Crippen LogP contribution is -2.35. The topological polar surface area (TPSA) is 100 Å². The summed E-state index contributed by atoms with van der Waals surface area (Å²) in [5.74, 6) is 0.0870. The SMILES string of the molecule is O=S(=O)([O-])CCC[n+]1cc(-c2ncco2)sn1. The molecular formula is C8H9N3O4S2. The van der Waals surface area contributed by atoms with Gasteiger partial charge < -0.3 is 8.97 Å². The third-order valence-corrected chi connectivity index (χ3v) is 3.49. The van der Waals surface area contributed by atoms with Crippen molar-refractivity contribution in [1.82, 2.24) is 9.47 Å². The van der Waals surface area contributed by atoms with Crippen LogP contribution in [0.1, 0.15) is 6.42 Å². The summed E-state index contributed by atoms with van der Waals surface area (Å²) < 4.78 is 41.9. The number of hydrogen-bond donors (Lipinski definition) is 0. The highest BCUT2D eigenvalue weighted by Gasteiger charge is 2.14. The molecule has 17 heavy (non-hydrogen) atoms. The molecule has 0 atom stereocenters. The fourth-order valence-electron chi connectivity index (χ4n) is 1.23. The third-order valence-electron chi connectivity index (χ3n) is 1.93. The van der Waals surface area contributed by atoms with E-state index in [9.17, 15) is 13.0 Å². The van der Waals surface area contributed by atoms with Crippen molar-refractivity contribution in [3.05, 3.63) is 18.7 Å². The Morgan fingerprint density at radius 3 is 3.00 bits per heavy atom. The van der Waals surface area contributed by atoms with E-state index in [1.54, 1.807) is 10.9 Å². The number of hydrogen-bond acceptors (Lipinski definition) is 7. The summed E-state index contributed by atoms with van der Waals surface area (Å²) in [7, 11) is -4.15. The molecule has 7 nitrogen and oxygen atoms in total. The summed E-state index contributed by atoms with van der Waals surface area (Å²) in [4.78, 5) is 4.71. The van der Waals surface area contributed by atoms with E-state index >= 15 is 0 Å². The molecule has 0 saturated carbocycles. The second-order valence-corrected chi connectivity index (χ2v) is 5.59. The Morgan fingerprint density at radius 1 is 1.53 bits per heavy atom. The Hall–Kier alpha value is -1.32. The van der Waals surface area contributed by atoms with Gasteiger partial charge in [0, 0.05) is 23.7 Å². The first-order valence-electron chi connectivity index (χ1n) is 4.74. The highest BCUT2D eigenvalue weighted by molar-refractivity contribution is 7.85. The average molecular weight is 275 g/mol. The predicted octanol–water partition coefficient (Wildman–Crippen LogP) is 0.0209. The van der Waals surface area contributed by atoms with Gasteiger partial charge in [0.05, 0.1) is 20.8 Å². The summed E-state index contributed by atoms with van der Waals surface area (Å²) in [6.45, 7) is 0.374. The molecule has 0 unspecified atom stereocenters. The zero-order chi connectivity index (χ0) is 12.3. The van der Waals surface area contributed by atoms with E-state index in [-0.39, 0.29) is 12.2 Å². The quantitative estimate of drug-likeness (QED) is 0.563. The number of aromatic nitrogens is 3. The van der Waals surface area contributed by atoms with E-state index in [0.717, 1.165) is 4.88 Å². The molecule has 2 aromatic heterocycles. The van der Waals surface area contributed by atoms with Crippen molar-refractivity contribution < 1.29 is 22.1 Å². The van der Waals surface area contributed by atoms with E-state index in [4.69, 9.17) is 4.42 Å². The van der Waals surface area contributed by atoms with Gasteiger partial charge in [0.25, 0.3) is 0 Å². The van der Waals surface area contributed by atoms with Crippen molar-refractivity contribution in [2.75, 3.05) is 5.75 Å². The number of aryl methyl sites for hydroxylation is 1. The van der Waals surface area contributed by atoms with Gasteiger partial charge in [-0.3, -0.25) is 0 Å². The Morgan fingerprint density at radius 2 is 2.35 bits per heavy atom. The fourth-order valence-corrected chi connectivity index (χ4v) is 2.38. The van der Waals surface area contributed by atoms with Gasteiger partial charge in [0.1, 0.15) is 6.26 Å². The normalized spacial score (nSPS) is 11.8. The molecule has 0 amide bonds. The van der Waals surface area contributed by atoms with E-state index in [2.05, 4.69) is 9.47 Å². The lowest BCUT2D eigenvalue weighted by atomic mass is 10.5. The molecule has 9 heteroatoms. The summed E-state index contributed by atoms with van der Waals surface area (Å²) in [6.07, 6.45) is 4.94. The smallest absolute Gasteiger partial charge is 0.244 e. The predicted molar refractivity (Wildman–Crippen MR) is 57.0 cm³/mol. The largest absolute Gasteiger partial charge is 0.748 e. The first-order valence-corrected chi connectivity index (χ1v) is 7.09. The number of oxazole rings is 1. The van der Waals surface area contributed by atoms with Gasteiger partial charge in [-0.2, -0.15) is 0 Å². The molecule has 2 rings (SSSR count). The van der Waals surface area contributed by atoms with Crippen LogP contribution in [-0.2, 0) is 16.7 Å². The van der Waals surface area contributed by atoms with E-state index in [1.807, 2.05) is 0 Å². The van der Waals surface area contributed by atoms with Crippen molar-refractivity contribution in [1.29, 1.82) is 0 Å². The van der Waals surface area contributed by atoms with Crippen LogP contribution in [0, 0.1) is 0 Å². The number of nitrogens with zero attached hydrogens (tertiary/aromatic N) is 3. The van der Waals surface area contributed by atoms with Crippen LogP contribution in [0.5, 0.6) is 0 Å². The highest BCUT2D eigenvalue weighted by atomic mass is 32.2. The average Bonchev–Trinajstić information content (AvgIpc) is 2.83. The van der Waals surface area contributed by atoms with Crippen LogP contribution in [-0.4, -0.2) is 28.2 Å². The first-order chi connectivity index (χ1) is 8.04. The van der Waals surface area contributed by atoms with Crippen molar-refractivity contribution in [3.8, 4) is 10.8 Å². The maximum Gasteiger partial charge on any atom is 0.244 e. The second-order valence-electron chi connectivity index (χ2n) is 3.28. The standard InChI is InChI=1S/C8H9N3O4S2/c12-17(13,14)5-1-3-11-6-7(16-10-11)8-9-2-4-15-8/h2,4,6H,1,3,5H2. The van der Waals surface area contributed by atoms with Gasteiger partial charge in [-0.25, -0.2) is 13.4 Å². The molecule has 0 N–H and O–H groups in total. The van der Waals surface area contributed by atoms with Crippen molar-refractivity contribution in [2.45, 2.75) is 13.0 Å². The van der Waals surface area contributed by atoms with Crippen LogP contribution in [0.25, 0.3) is 10.8 Å². The minimum atomic E-state index is -4.15. The lowest BCUT2D eigenvalue weighted by Gasteiger charge is -2.02. The molecule has 2 heterocycles. The molecule has 0 spiro atoms. The summed E-state index contributed by atoms with van der Waals surface area (Å²) >= 11 is 1.19. The molecule has 2 aromatic rings. The lowest BCUT2D eigenvalue weighted by molar-refractivity contribution is -0.745. The molecule has 92 valence electrons. The second kappa shape index (κ2) is 4.90. The minimum Gasteiger partial charge on any atom is -0.748 e. The third kappa shape index (κ3) is 3.58. The molecule has 0 aliphatic rings. The van der Waals surface area contributed by atoms with Gasteiger partial charge in [-0.05, 0) is 0 Å². The van der Waals surface area contributed by atoms with Crippen LogP contribution in [0.15, 0.2) is 23.1 Å². The maximum absolute atomic E-state index is 10.4. The minimum absolute atomic E-state index is 0.241. The van der Waals surface area contributed by atoms with Gasteiger partial charge in [-0.15, -0.1) is 0 Å². The first kappa shape index (κ1) is 12.1. The van der Waals surface area contributed by atoms with E-state index in [1.165, 1.54) is 24.0 Å². The zero-order valence-electron chi connectivity index (χ0n) is 8.64. The van der Waals surface area contributed by atoms with Crippen molar-refractivity contribution >= 4 is 21.7 Å². The van der Waals surface area contributed by atoms with Gasteiger partial charge >= 0.3 is 0 Å². The molecular weight excluding hydrogens is 266 g/mol. The van der Waals surface area contributed by atoms with Crippen LogP contribution >= 0.6 is 11.5 Å². The van der Waals surface area contributed by atoms with Gasteiger partial charge in [-0.1, -0.05) is 4.68 Å². The highest BCUT2D eigenvalue weighted by Crippen LogP contribution is 2.17. The molecule has 0 aromatic carbocycles. The number of rotatable bonds is 5. The Labute approximate surface area is 102 Å². The fraction of sp³-hybridized carbons (Fsp3) is 0.375. The van der Waals surface area contributed by atoms with Crippen LogP contribution in [0.2, 0.25) is 0 Å². The van der Waals surface area contributed by atoms with Crippen molar-refractivity contribution in [3.63, 3.8) is 0 Å². The molecule has 0 aliphatic carbocycles. The monoisotopic (exact) mass is 275 g/mol. The van der Waals surface area contributed by atoms with Crippen LogP contribution < -0.4 is 4.68 Å². The summed E-state index contributed by atoms with van der Waals surface area (Å²) in [5.41, 5.74) is 0. The summed E-state index contributed by atoms with van der Waals surface area (Å²) in [5, 5.41) is 0. The van der Waals surface area contributed by atoms with Crippen LogP contribution in [0.4, 0.5) is 0 Å².